The summed E-state index contributed by atoms with van der Waals surface area (Å²) in [5, 5.41) is 0.710. The lowest BCUT2D eigenvalue weighted by Gasteiger charge is -2.26. The highest BCUT2D eigenvalue weighted by Crippen LogP contribution is 2.26. The molecule has 112 valence electrons. The van der Waals surface area contributed by atoms with Crippen LogP contribution in [0.25, 0.3) is 11.4 Å². The van der Waals surface area contributed by atoms with Gasteiger partial charge < -0.3 is 9.30 Å². The van der Waals surface area contributed by atoms with Crippen molar-refractivity contribution in [3.63, 3.8) is 0 Å². The maximum absolute atomic E-state index is 6.13. The molecular weight excluding hydrogens is 354 g/mol. The van der Waals surface area contributed by atoms with Gasteiger partial charge in [0.2, 0.25) is 0 Å². The number of benzene rings is 1. The van der Waals surface area contributed by atoms with Crippen molar-refractivity contribution in [2.45, 2.75) is 6.54 Å². The predicted octanol–water partition coefficient (Wildman–Crippen LogP) is 3.30. The molecule has 1 aliphatic heterocycles. The van der Waals surface area contributed by atoms with Crippen LogP contribution in [0.1, 0.15) is 0 Å². The Morgan fingerprint density at radius 3 is 2.76 bits per heavy atom. The molecule has 1 aliphatic rings. The molecule has 1 aromatic carbocycles. The molecule has 0 aliphatic carbocycles. The zero-order valence-electron chi connectivity index (χ0n) is 11.6. The zero-order valence-corrected chi connectivity index (χ0v) is 14.0. The van der Waals surface area contributed by atoms with E-state index >= 15 is 0 Å². The second kappa shape index (κ2) is 6.92. The van der Waals surface area contributed by atoms with Crippen molar-refractivity contribution in [3.8, 4) is 11.4 Å². The van der Waals surface area contributed by atoms with Crippen LogP contribution in [0.2, 0.25) is 5.02 Å². The van der Waals surface area contributed by atoms with Crippen LogP contribution in [0.3, 0.4) is 0 Å². The van der Waals surface area contributed by atoms with Gasteiger partial charge in [-0.3, -0.25) is 4.90 Å². The molecule has 0 unspecified atom stereocenters. The van der Waals surface area contributed by atoms with Crippen LogP contribution < -0.4 is 0 Å². The summed E-state index contributed by atoms with van der Waals surface area (Å²) in [4.78, 5) is 6.89. The average molecular weight is 371 g/mol. The van der Waals surface area contributed by atoms with E-state index in [1.54, 1.807) is 0 Å². The Balaban J connectivity index is 1.74. The first kappa shape index (κ1) is 15.0. The molecule has 1 saturated heterocycles. The summed E-state index contributed by atoms with van der Waals surface area (Å²) in [6, 6.07) is 5.87. The van der Waals surface area contributed by atoms with Gasteiger partial charge in [0, 0.05) is 53.6 Å². The maximum atomic E-state index is 6.13. The highest BCUT2D eigenvalue weighted by Gasteiger charge is 2.12. The van der Waals surface area contributed by atoms with Gasteiger partial charge in [-0.25, -0.2) is 4.98 Å². The van der Waals surface area contributed by atoms with E-state index < -0.39 is 0 Å². The van der Waals surface area contributed by atoms with E-state index in [4.69, 9.17) is 16.3 Å². The molecule has 1 fully saturated rings. The molecule has 0 atom stereocenters. The second-order valence-electron chi connectivity index (χ2n) is 5.06. The normalized spacial score (nSPS) is 16.3. The van der Waals surface area contributed by atoms with E-state index in [0.717, 1.165) is 55.3 Å². The molecule has 0 saturated carbocycles. The molecule has 3 rings (SSSR count). The van der Waals surface area contributed by atoms with Crippen molar-refractivity contribution in [2.24, 2.45) is 0 Å². The first-order chi connectivity index (χ1) is 10.2. The van der Waals surface area contributed by atoms with Gasteiger partial charge in [0.1, 0.15) is 5.82 Å². The Labute approximate surface area is 137 Å². The van der Waals surface area contributed by atoms with E-state index in [9.17, 15) is 0 Å². The molecular formula is C15H17BrClN3O. The Morgan fingerprint density at radius 2 is 2.00 bits per heavy atom. The van der Waals surface area contributed by atoms with Crippen molar-refractivity contribution < 1.29 is 4.74 Å². The Kier molecular flexibility index (Phi) is 4.95. The molecule has 21 heavy (non-hydrogen) atoms. The summed E-state index contributed by atoms with van der Waals surface area (Å²) in [6.45, 7) is 5.60. The largest absolute Gasteiger partial charge is 0.379 e. The fourth-order valence-electron chi connectivity index (χ4n) is 2.51. The van der Waals surface area contributed by atoms with Crippen LogP contribution in [0.5, 0.6) is 0 Å². The van der Waals surface area contributed by atoms with Crippen molar-refractivity contribution in [3.05, 3.63) is 40.1 Å². The minimum absolute atomic E-state index is 0.710. The van der Waals surface area contributed by atoms with Gasteiger partial charge in [-0.1, -0.05) is 27.5 Å². The highest BCUT2D eigenvalue weighted by molar-refractivity contribution is 9.10. The van der Waals surface area contributed by atoms with Gasteiger partial charge >= 0.3 is 0 Å². The monoisotopic (exact) mass is 369 g/mol. The number of rotatable bonds is 4. The number of halogens is 2. The molecule has 2 aromatic rings. The van der Waals surface area contributed by atoms with Gasteiger partial charge in [-0.2, -0.15) is 0 Å². The fraction of sp³-hybridized carbons (Fsp3) is 0.400. The van der Waals surface area contributed by atoms with Gasteiger partial charge in [-0.05, 0) is 18.2 Å². The third-order valence-electron chi connectivity index (χ3n) is 3.60. The van der Waals surface area contributed by atoms with Gasteiger partial charge in [0.05, 0.1) is 13.2 Å². The summed E-state index contributed by atoms with van der Waals surface area (Å²) < 4.78 is 8.52. The zero-order chi connectivity index (χ0) is 14.7. The second-order valence-corrected chi connectivity index (χ2v) is 6.41. The number of imidazole rings is 1. The van der Waals surface area contributed by atoms with E-state index in [0.29, 0.717) is 5.02 Å². The first-order valence-corrected chi connectivity index (χ1v) is 8.17. The Morgan fingerprint density at radius 1 is 1.19 bits per heavy atom. The molecule has 0 spiro atoms. The highest BCUT2D eigenvalue weighted by atomic mass is 79.9. The lowest BCUT2D eigenvalue weighted by atomic mass is 10.2. The number of morpholine rings is 1. The Bertz CT molecular complexity index is 590. The molecule has 0 bridgehead atoms. The van der Waals surface area contributed by atoms with Crippen LogP contribution in [0.15, 0.2) is 35.1 Å². The third-order valence-corrected chi connectivity index (χ3v) is 4.27. The van der Waals surface area contributed by atoms with Crippen LogP contribution in [-0.2, 0) is 11.3 Å². The van der Waals surface area contributed by atoms with Crippen molar-refractivity contribution in [1.82, 2.24) is 14.5 Å². The number of aromatic nitrogens is 2. The van der Waals surface area contributed by atoms with Crippen LogP contribution in [0.4, 0.5) is 0 Å². The van der Waals surface area contributed by atoms with Crippen LogP contribution in [0, 0.1) is 0 Å². The lowest BCUT2D eigenvalue weighted by Crippen LogP contribution is -2.38. The lowest BCUT2D eigenvalue weighted by molar-refractivity contribution is 0.0364. The van der Waals surface area contributed by atoms with E-state index in [1.165, 1.54) is 0 Å². The predicted molar refractivity (Wildman–Crippen MR) is 87.6 cm³/mol. The van der Waals surface area contributed by atoms with Gasteiger partial charge in [0.25, 0.3) is 0 Å². The topological polar surface area (TPSA) is 30.3 Å². The molecule has 1 aromatic heterocycles. The molecule has 0 amide bonds. The minimum Gasteiger partial charge on any atom is -0.379 e. The first-order valence-electron chi connectivity index (χ1n) is 7.00. The number of hydrogen-bond acceptors (Lipinski definition) is 3. The summed E-state index contributed by atoms with van der Waals surface area (Å²) in [5.74, 6) is 0.950. The van der Waals surface area contributed by atoms with E-state index in [2.05, 4.69) is 30.4 Å². The minimum atomic E-state index is 0.710. The summed E-state index contributed by atoms with van der Waals surface area (Å²) in [6.07, 6.45) is 3.86. The van der Waals surface area contributed by atoms with Crippen molar-refractivity contribution >= 4 is 27.5 Å². The molecule has 2 heterocycles. The average Bonchev–Trinajstić information content (AvgIpc) is 2.93. The van der Waals surface area contributed by atoms with Crippen LogP contribution >= 0.6 is 27.5 Å². The third kappa shape index (κ3) is 3.86. The van der Waals surface area contributed by atoms with E-state index in [1.807, 2.05) is 30.6 Å². The smallest absolute Gasteiger partial charge is 0.140 e. The molecule has 0 radical (unpaired) electrons. The molecule has 0 N–H and O–H groups in total. The standard InChI is InChI=1S/C15H17BrClN3O/c16-13-9-12(10-14(17)11-13)15-18-1-2-20(15)4-3-19-5-7-21-8-6-19/h1-2,9-11H,3-8H2. The summed E-state index contributed by atoms with van der Waals surface area (Å²) in [5.41, 5.74) is 1.03. The molecule has 4 nitrogen and oxygen atoms in total. The SMILES string of the molecule is Clc1cc(Br)cc(-c2nccn2CCN2CCOCC2)c1. The molecule has 6 heteroatoms. The fourth-order valence-corrected chi connectivity index (χ4v) is 3.37. The number of nitrogens with zero attached hydrogens (tertiary/aromatic N) is 3. The maximum Gasteiger partial charge on any atom is 0.140 e. The van der Waals surface area contributed by atoms with Crippen molar-refractivity contribution in [2.75, 3.05) is 32.8 Å². The quantitative estimate of drug-likeness (QED) is 0.827. The summed E-state index contributed by atoms with van der Waals surface area (Å²) >= 11 is 9.61. The number of ether oxygens (including phenoxy) is 1. The van der Waals surface area contributed by atoms with Gasteiger partial charge in [-0.15, -0.1) is 0 Å². The number of hydrogen-bond donors (Lipinski definition) is 0. The van der Waals surface area contributed by atoms with Crippen molar-refractivity contribution in [1.29, 1.82) is 0 Å². The van der Waals surface area contributed by atoms with E-state index in [-0.39, 0.29) is 0 Å². The van der Waals surface area contributed by atoms with Crippen LogP contribution in [-0.4, -0.2) is 47.3 Å². The van der Waals surface area contributed by atoms with Gasteiger partial charge in [0.15, 0.2) is 0 Å². The Hall–Kier alpha value is -0.880. The summed E-state index contributed by atoms with van der Waals surface area (Å²) in [7, 11) is 0.